The molecule has 1 aromatic carbocycles. The average Bonchev–Trinajstić information content (AvgIpc) is 2.54. The SMILES string of the molecule is CC(C)(C)S(=O)(=O)CCCCCC(=O)Cc1ccc(NS(=O)(=O)C(C)(C)C)cc1. The van der Waals surface area contributed by atoms with Crippen molar-refractivity contribution in [1.82, 2.24) is 0 Å². The molecular weight excluding hydrogens is 410 g/mol. The van der Waals surface area contributed by atoms with E-state index in [1.165, 1.54) is 0 Å². The fourth-order valence-corrected chi connectivity index (χ4v) is 4.36. The van der Waals surface area contributed by atoms with E-state index in [1.807, 2.05) is 0 Å². The number of sulfone groups is 1. The molecule has 0 aliphatic heterocycles. The first-order valence-electron chi connectivity index (χ1n) is 9.90. The Hall–Kier alpha value is -1.41. The van der Waals surface area contributed by atoms with Crippen LogP contribution in [0.1, 0.15) is 72.8 Å². The summed E-state index contributed by atoms with van der Waals surface area (Å²) in [6, 6.07) is 6.80. The zero-order chi connectivity index (χ0) is 22.5. The Morgan fingerprint density at radius 3 is 1.86 bits per heavy atom. The van der Waals surface area contributed by atoms with Crippen LogP contribution in [-0.4, -0.2) is 37.9 Å². The van der Waals surface area contributed by atoms with E-state index in [4.69, 9.17) is 0 Å². The standard InChI is InChI=1S/C21H35NO5S2/c1-20(2,3)28(24,25)15-9-7-8-10-19(23)16-17-11-13-18(14-12-17)22-29(26,27)21(4,5)6/h11-14,22H,7-10,15-16H2,1-6H3. The topological polar surface area (TPSA) is 97.4 Å². The molecule has 0 atom stereocenters. The summed E-state index contributed by atoms with van der Waals surface area (Å²) >= 11 is 0. The van der Waals surface area contributed by atoms with Crippen molar-refractivity contribution in [1.29, 1.82) is 0 Å². The van der Waals surface area contributed by atoms with Crippen LogP contribution in [0.25, 0.3) is 0 Å². The lowest BCUT2D eigenvalue weighted by molar-refractivity contribution is -0.118. The number of nitrogens with one attached hydrogen (secondary N) is 1. The molecule has 0 radical (unpaired) electrons. The van der Waals surface area contributed by atoms with Gasteiger partial charge in [0.05, 0.1) is 15.2 Å². The highest BCUT2D eigenvalue weighted by molar-refractivity contribution is 7.94. The highest BCUT2D eigenvalue weighted by Gasteiger charge is 2.29. The van der Waals surface area contributed by atoms with Gasteiger partial charge in [-0.15, -0.1) is 0 Å². The number of hydrogen-bond acceptors (Lipinski definition) is 5. The number of sulfonamides is 1. The Labute approximate surface area is 176 Å². The number of rotatable bonds is 10. The first-order valence-corrected chi connectivity index (χ1v) is 13.0. The summed E-state index contributed by atoms with van der Waals surface area (Å²) in [7, 11) is -6.59. The number of Topliss-reactive ketones (excluding diaryl/α,β-unsaturated/α-hetero) is 1. The molecular formula is C21H35NO5S2. The zero-order valence-electron chi connectivity index (χ0n) is 18.4. The molecule has 0 aliphatic carbocycles. The third kappa shape index (κ3) is 8.09. The predicted octanol–water partition coefficient (Wildman–Crippen LogP) is 4.11. The van der Waals surface area contributed by atoms with E-state index >= 15 is 0 Å². The van der Waals surface area contributed by atoms with E-state index in [0.717, 1.165) is 5.56 Å². The molecule has 0 heterocycles. The second kappa shape index (κ2) is 9.60. The third-order valence-electron chi connectivity index (χ3n) is 4.72. The van der Waals surface area contributed by atoms with Gasteiger partial charge in [-0.3, -0.25) is 9.52 Å². The van der Waals surface area contributed by atoms with Gasteiger partial charge >= 0.3 is 0 Å². The Morgan fingerprint density at radius 2 is 1.38 bits per heavy atom. The van der Waals surface area contributed by atoms with Gasteiger partial charge in [0.15, 0.2) is 9.84 Å². The number of ketones is 1. The molecule has 0 unspecified atom stereocenters. The Kier molecular flexibility index (Phi) is 8.48. The van der Waals surface area contributed by atoms with Gasteiger partial charge in [0.25, 0.3) is 0 Å². The van der Waals surface area contributed by atoms with Gasteiger partial charge in [0, 0.05) is 18.5 Å². The van der Waals surface area contributed by atoms with Crippen molar-refractivity contribution in [2.45, 2.75) is 83.1 Å². The Balaban J connectivity index is 2.44. The first-order chi connectivity index (χ1) is 13.1. The second-order valence-corrected chi connectivity index (χ2v) is 14.7. The minimum Gasteiger partial charge on any atom is -0.299 e. The van der Waals surface area contributed by atoms with Crippen LogP contribution in [0.15, 0.2) is 24.3 Å². The van der Waals surface area contributed by atoms with Crippen LogP contribution in [0.4, 0.5) is 5.69 Å². The van der Waals surface area contributed by atoms with E-state index in [0.29, 0.717) is 31.4 Å². The molecule has 0 bridgehead atoms. The summed E-state index contributed by atoms with van der Waals surface area (Å²) in [6.45, 7) is 9.98. The van der Waals surface area contributed by atoms with Crippen LogP contribution in [0, 0.1) is 0 Å². The van der Waals surface area contributed by atoms with E-state index in [-0.39, 0.29) is 18.0 Å². The Bertz CT molecular complexity index is 888. The molecule has 0 spiro atoms. The number of anilines is 1. The van der Waals surface area contributed by atoms with Gasteiger partial charge < -0.3 is 0 Å². The molecule has 0 amide bonds. The lowest BCUT2D eigenvalue weighted by Gasteiger charge is -2.20. The smallest absolute Gasteiger partial charge is 0.237 e. The molecule has 166 valence electrons. The highest BCUT2D eigenvalue weighted by atomic mass is 32.2. The van der Waals surface area contributed by atoms with Crippen molar-refractivity contribution in [3.63, 3.8) is 0 Å². The lowest BCUT2D eigenvalue weighted by atomic mass is 10.0. The van der Waals surface area contributed by atoms with Crippen LogP contribution in [0.5, 0.6) is 0 Å². The van der Waals surface area contributed by atoms with Crippen molar-refractivity contribution in [2.75, 3.05) is 10.5 Å². The van der Waals surface area contributed by atoms with Crippen molar-refractivity contribution in [2.24, 2.45) is 0 Å². The third-order valence-corrected chi connectivity index (χ3v) is 9.52. The molecule has 0 fully saturated rings. The number of carbonyl (C=O) groups is 1. The minimum atomic E-state index is -3.48. The van der Waals surface area contributed by atoms with E-state index in [2.05, 4.69) is 4.72 Å². The van der Waals surface area contributed by atoms with Crippen molar-refractivity contribution in [3.8, 4) is 0 Å². The molecule has 1 aromatic rings. The van der Waals surface area contributed by atoms with Gasteiger partial charge in [-0.25, -0.2) is 16.8 Å². The molecule has 1 N–H and O–H groups in total. The molecule has 0 saturated carbocycles. The average molecular weight is 446 g/mol. The molecule has 8 heteroatoms. The van der Waals surface area contributed by atoms with Gasteiger partial charge in [-0.1, -0.05) is 18.6 Å². The summed E-state index contributed by atoms with van der Waals surface area (Å²) < 4.78 is 49.3. The van der Waals surface area contributed by atoms with Gasteiger partial charge in [-0.05, 0) is 72.1 Å². The number of carbonyl (C=O) groups excluding carboxylic acids is 1. The van der Waals surface area contributed by atoms with Crippen LogP contribution in [-0.2, 0) is 31.1 Å². The maximum atomic E-state index is 12.2. The fraction of sp³-hybridized carbons (Fsp3) is 0.667. The van der Waals surface area contributed by atoms with Crippen molar-refractivity contribution < 1.29 is 21.6 Å². The summed E-state index contributed by atoms with van der Waals surface area (Å²) in [4.78, 5) is 12.1. The zero-order valence-corrected chi connectivity index (χ0v) is 20.0. The van der Waals surface area contributed by atoms with Gasteiger partial charge in [-0.2, -0.15) is 0 Å². The molecule has 1 rings (SSSR count). The second-order valence-electron chi connectivity index (χ2n) is 9.37. The normalized spacial score (nSPS) is 13.3. The van der Waals surface area contributed by atoms with Gasteiger partial charge in [0.2, 0.25) is 10.0 Å². The van der Waals surface area contributed by atoms with E-state index in [9.17, 15) is 21.6 Å². The Morgan fingerprint density at radius 1 is 0.828 bits per heavy atom. The van der Waals surface area contributed by atoms with Crippen LogP contribution >= 0.6 is 0 Å². The number of hydrogen-bond donors (Lipinski definition) is 1. The van der Waals surface area contributed by atoms with E-state index < -0.39 is 29.4 Å². The highest BCUT2D eigenvalue weighted by Crippen LogP contribution is 2.20. The summed E-state index contributed by atoms with van der Waals surface area (Å²) in [6.07, 6.45) is 2.63. The summed E-state index contributed by atoms with van der Waals surface area (Å²) in [5.41, 5.74) is 1.29. The van der Waals surface area contributed by atoms with Crippen molar-refractivity contribution in [3.05, 3.63) is 29.8 Å². The molecule has 0 aliphatic rings. The number of unbranched alkanes of at least 4 members (excludes halogenated alkanes) is 2. The molecule has 0 saturated heterocycles. The minimum absolute atomic E-state index is 0.0895. The summed E-state index contributed by atoms with van der Waals surface area (Å²) in [5.74, 6) is 0.239. The molecule has 0 aromatic heterocycles. The monoisotopic (exact) mass is 445 g/mol. The molecule has 6 nitrogen and oxygen atoms in total. The van der Waals surface area contributed by atoms with Gasteiger partial charge in [0.1, 0.15) is 5.78 Å². The summed E-state index contributed by atoms with van der Waals surface area (Å²) in [5, 5.41) is 0. The largest absolute Gasteiger partial charge is 0.299 e. The molecule has 29 heavy (non-hydrogen) atoms. The maximum Gasteiger partial charge on any atom is 0.237 e. The van der Waals surface area contributed by atoms with Crippen LogP contribution < -0.4 is 4.72 Å². The maximum absolute atomic E-state index is 12.2. The first kappa shape index (κ1) is 25.6. The lowest BCUT2D eigenvalue weighted by Crippen LogP contribution is -2.33. The number of benzene rings is 1. The van der Waals surface area contributed by atoms with E-state index in [1.54, 1.807) is 65.8 Å². The van der Waals surface area contributed by atoms with Crippen molar-refractivity contribution >= 4 is 31.3 Å². The fourth-order valence-electron chi connectivity index (χ4n) is 2.41. The van der Waals surface area contributed by atoms with Crippen LogP contribution in [0.2, 0.25) is 0 Å². The van der Waals surface area contributed by atoms with Crippen LogP contribution in [0.3, 0.4) is 0 Å². The predicted molar refractivity (Wildman–Crippen MR) is 119 cm³/mol. The quantitative estimate of drug-likeness (QED) is 0.547.